The van der Waals surface area contributed by atoms with Crippen molar-refractivity contribution in [1.82, 2.24) is 5.01 Å². The highest BCUT2D eigenvalue weighted by atomic mass is 16.5. The van der Waals surface area contributed by atoms with Gasteiger partial charge in [-0.1, -0.05) is 30.3 Å². The Bertz CT molecular complexity index is 1250. The van der Waals surface area contributed by atoms with Crippen LogP contribution in [0.3, 0.4) is 0 Å². The van der Waals surface area contributed by atoms with E-state index in [1.54, 1.807) is 42.5 Å². The Morgan fingerprint density at radius 1 is 0.941 bits per heavy atom. The van der Waals surface area contributed by atoms with E-state index in [1.165, 1.54) is 6.21 Å². The van der Waals surface area contributed by atoms with Gasteiger partial charge in [0.15, 0.2) is 18.1 Å². The number of carbonyl (C=O) groups is 3. The van der Waals surface area contributed by atoms with Crippen LogP contribution in [-0.2, 0) is 4.79 Å². The molecule has 0 spiro atoms. The number of ether oxygens (including phenoxy) is 2. The third-order valence-electron chi connectivity index (χ3n) is 5.14. The number of nitrogens with one attached hydrogen (secondary N) is 1. The smallest absolute Gasteiger partial charge is 0.282 e. The zero-order chi connectivity index (χ0) is 24.1. The SMILES string of the molecule is CCOc1cc(/C=N\N2C(=O)c3ccccc3C2=O)ccc1OCC(=O)Nc1ccccc1C. The Hall–Kier alpha value is -4.46. The van der Waals surface area contributed by atoms with Crippen molar-refractivity contribution in [3.8, 4) is 11.5 Å². The average Bonchev–Trinajstić information content (AvgIpc) is 3.08. The number of fused-ring (bicyclic) bond motifs is 1. The largest absolute Gasteiger partial charge is 0.490 e. The second-order valence-electron chi connectivity index (χ2n) is 7.50. The summed E-state index contributed by atoms with van der Waals surface area (Å²) in [4.78, 5) is 37.2. The van der Waals surface area contributed by atoms with Gasteiger partial charge in [0.05, 0.1) is 23.9 Å². The second-order valence-corrected chi connectivity index (χ2v) is 7.50. The van der Waals surface area contributed by atoms with Crippen LogP contribution >= 0.6 is 0 Å². The van der Waals surface area contributed by atoms with Crippen LogP contribution in [0.5, 0.6) is 11.5 Å². The minimum absolute atomic E-state index is 0.198. The van der Waals surface area contributed by atoms with Crippen molar-refractivity contribution in [2.45, 2.75) is 13.8 Å². The number of imide groups is 1. The lowest BCUT2D eigenvalue weighted by atomic mass is 10.1. The average molecular weight is 457 g/mol. The van der Waals surface area contributed by atoms with Crippen LogP contribution in [0.2, 0.25) is 0 Å². The highest BCUT2D eigenvalue weighted by Gasteiger charge is 2.35. The fraction of sp³-hybridized carbons (Fsp3) is 0.154. The predicted molar refractivity (Wildman–Crippen MR) is 127 cm³/mol. The van der Waals surface area contributed by atoms with Crippen molar-refractivity contribution in [2.75, 3.05) is 18.5 Å². The van der Waals surface area contributed by atoms with Crippen LogP contribution in [0.25, 0.3) is 0 Å². The van der Waals surface area contributed by atoms with Gasteiger partial charge in [-0.25, -0.2) is 0 Å². The van der Waals surface area contributed by atoms with E-state index in [9.17, 15) is 14.4 Å². The Kier molecular flexibility index (Phi) is 6.68. The topological polar surface area (TPSA) is 97.3 Å². The Labute approximate surface area is 196 Å². The van der Waals surface area contributed by atoms with Crippen LogP contribution in [0, 0.1) is 6.92 Å². The molecule has 1 heterocycles. The van der Waals surface area contributed by atoms with Crippen LogP contribution < -0.4 is 14.8 Å². The van der Waals surface area contributed by atoms with Gasteiger partial charge in [0, 0.05) is 5.69 Å². The molecule has 34 heavy (non-hydrogen) atoms. The standard InChI is InChI=1S/C26H23N3O5/c1-3-33-23-14-18(15-27-29-25(31)19-9-5-6-10-20(19)26(29)32)12-13-22(23)34-16-24(30)28-21-11-7-4-8-17(21)2/h4-15H,3,16H2,1-2H3,(H,28,30)/b27-15-. The molecule has 0 atom stereocenters. The third kappa shape index (κ3) is 4.80. The molecule has 0 radical (unpaired) electrons. The van der Waals surface area contributed by atoms with Gasteiger partial charge in [-0.3, -0.25) is 14.4 Å². The molecule has 8 heteroatoms. The Morgan fingerprint density at radius 3 is 2.29 bits per heavy atom. The van der Waals surface area contributed by atoms with E-state index in [0.717, 1.165) is 16.3 Å². The molecule has 0 unspecified atom stereocenters. The number of nitrogens with zero attached hydrogens (tertiary/aromatic N) is 2. The van der Waals surface area contributed by atoms with Gasteiger partial charge in [-0.2, -0.15) is 10.1 Å². The molecule has 0 aliphatic carbocycles. The number of amides is 3. The number of aryl methyl sites for hydroxylation is 1. The summed E-state index contributed by atoms with van der Waals surface area (Å²) in [7, 11) is 0. The summed E-state index contributed by atoms with van der Waals surface area (Å²) in [6, 6.07) is 19.1. The lowest BCUT2D eigenvalue weighted by Gasteiger charge is -2.13. The molecule has 0 bridgehead atoms. The zero-order valence-corrected chi connectivity index (χ0v) is 18.8. The van der Waals surface area contributed by atoms with E-state index in [1.807, 2.05) is 38.1 Å². The number of rotatable bonds is 8. The molecule has 3 aromatic rings. The zero-order valence-electron chi connectivity index (χ0n) is 18.8. The summed E-state index contributed by atoms with van der Waals surface area (Å²) < 4.78 is 11.3. The maximum atomic E-state index is 12.5. The van der Waals surface area contributed by atoms with Gasteiger partial charge >= 0.3 is 0 Å². The maximum Gasteiger partial charge on any atom is 0.282 e. The molecule has 1 aliphatic rings. The number of para-hydroxylation sites is 1. The molecule has 4 rings (SSSR count). The van der Waals surface area contributed by atoms with Gasteiger partial charge in [0.2, 0.25) is 0 Å². The molecular formula is C26H23N3O5. The van der Waals surface area contributed by atoms with Crippen molar-refractivity contribution in [3.63, 3.8) is 0 Å². The summed E-state index contributed by atoms with van der Waals surface area (Å²) in [6.45, 7) is 3.92. The number of carbonyl (C=O) groups excluding carboxylic acids is 3. The number of anilines is 1. The molecule has 1 N–H and O–H groups in total. The van der Waals surface area contributed by atoms with Crippen molar-refractivity contribution < 1.29 is 23.9 Å². The van der Waals surface area contributed by atoms with E-state index in [4.69, 9.17) is 9.47 Å². The highest BCUT2D eigenvalue weighted by Crippen LogP contribution is 2.29. The lowest BCUT2D eigenvalue weighted by molar-refractivity contribution is -0.118. The van der Waals surface area contributed by atoms with Crippen molar-refractivity contribution in [1.29, 1.82) is 0 Å². The highest BCUT2D eigenvalue weighted by molar-refractivity contribution is 6.21. The van der Waals surface area contributed by atoms with Gasteiger partial charge < -0.3 is 14.8 Å². The van der Waals surface area contributed by atoms with Crippen molar-refractivity contribution in [2.24, 2.45) is 5.10 Å². The molecule has 172 valence electrons. The van der Waals surface area contributed by atoms with Crippen molar-refractivity contribution >= 4 is 29.6 Å². The number of hydrogen-bond acceptors (Lipinski definition) is 6. The van der Waals surface area contributed by atoms with E-state index in [2.05, 4.69) is 10.4 Å². The summed E-state index contributed by atoms with van der Waals surface area (Å²) >= 11 is 0. The predicted octanol–water partition coefficient (Wildman–Crippen LogP) is 4.04. The third-order valence-corrected chi connectivity index (χ3v) is 5.14. The molecule has 0 aromatic heterocycles. The fourth-order valence-electron chi connectivity index (χ4n) is 3.44. The molecule has 0 saturated heterocycles. The number of benzene rings is 3. The summed E-state index contributed by atoms with van der Waals surface area (Å²) in [5.74, 6) is -0.437. The van der Waals surface area contributed by atoms with Crippen LogP contribution in [-0.4, -0.2) is 42.2 Å². The molecule has 3 aromatic carbocycles. The van der Waals surface area contributed by atoms with E-state index in [-0.39, 0.29) is 12.5 Å². The lowest BCUT2D eigenvalue weighted by Crippen LogP contribution is -2.24. The number of hydrazone groups is 1. The molecule has 0 fully saturated rings. The molecule has 0 saturated carbocycles. The first-order valence-electron chi connectivity index (χ1n) is 10.7. The Morgan fingerprint density at radius 2 is 1.62 bits per heavy atom. The maximum absolute atomic E-state index is 12.5. The Balaban J connectivity index is 1.44. The quantitative estimate of drug-likeness (QED) is 0.407. The first-order valence-corrected chi connectivity index (χ1v) is 10.7. The van der Waals surface area contributed by atoms with E-state index in [0.29, 0.717) is 34.8 Å². The first kappa shape index (κ1) is 22.7. The van der Waals surface area contributed by atoms with Crippen LogP contribution in [0.4, 0.5) is 5.69 Å². The molecule has 8 nitrogen and oxygen atoms in total. The first-order chi connectivity index (χ1) is 16.5. The minimum Gasteiger partial charge on any atom is -0.490 e. The van der Waals surface area contributed by atoms with Crippen LogP contribution in [0.15, 0.2) is 71.8 Å². The van der Waals surface area contributed by atoms with E-state index >= 15 is 0 Å². The normalized spacial score (nSPS) is 12.7. The van der Waals surface area contributed by atoms with Crippen LogP contribution in [0.1, 0.15) is 38.8 Å². The van der Waals surface area contributed by atoms with Gasteiger partial charge in [-0.15, -0.1) is 0 Å². The van der Waals surface area contributed by atoms with Gasteiger partial charge in [0.25, 0.3) is 17.7 Å². The monoisotopic (exact) mass is 457 g/mol. The summed E-state index contributed by atoms with van der Waals surface area (Å²) in [5, 5.41) is 7.73. The minimum atomic E-state index is -0.471. The second kappa shape index (κ2) is 9.99. The van der Waals surface area contributed by atoms with Crippen molar-refractivity contribution in [3.05, 3.63) is 89.0 Å². The summed E-state index contributed by atoms with van der Waals surface area (Å²) in [5.41, 5.74) is 2.92. The number of hydrogen-bond donors (Lipinski definition) is 1. The molecule has 1 aliphatic heterocycles. The van der Waals surface area contributed by atoms with Gasteiger partial charge in [-0.05, 0) is 61.4 Å². The van der Waals surface area contributed by atoms with Gasteiger partial charge in [0.1, 0.15) is 0 Å². The molecule has 3 amide bonds. The molecular weight excluding hydrogens is 434 g/mol. The fourth-order valence-corrected chi connectivity index (χ4v) is 3.44. The van der Waals surface area contributed by atoms with E-state index < -0.39 is 11.8 Å². The summed E-state index contributed by atoms with van der Waals surface area (Å²) in [6.07, 6.45) is 1.40.